The van der Waals surface area contributed by atoms with Gasteiger partial charge in [-0.25, -0.2) is 4.79 Å². The van der Waals surface area contributed by atoms with Crippen LogP contribution in [0.3, 0.4) is 0 Å². The average molecular weight is 618 g/mol. The number of H-pyrrole nitrogens is 1. The lowest BCUT2D eigenvalue weighted by Crippen LogP contribution is -2.58. The van der Waals surface area contributed by atoms with Crippen LogP contribution in [0, 0.1) is 13.8 Å². The van der Waals surface area contributed by atoms with Crippen LogP contribution >= 0.6 is 0 Å². The van der Waals surface area contributed by atoms with Crippen molar-refractivity contribution in [1.82, 2.24) is 25.1 Å². The minimum absolute atomic E-state index is 0.0676. The van der Waals surface area contributed by atoms with Crippen molar-refractivity contribution in [2.75, 3.05) is 33.3 Å². The summed E-state index contributed by atoms with van der Waals surface area (Å²) in [7, 11) is 1.56. The highest BCUT2D eigenvalue weighted by Crippen LogP contribution is 2.29. The Balaban J connectivity index is 1.35. The van der Waals surface area contributed by atoms with Crippen molar-refractivity contribution in [3.8, 4) is 17.2 Å². The highest BCUT2D eigenvalue weighted by molar-refractivity contribution is 5.97. The van der Waals surface area contributed by atoms with Gasteiger partial charge in [-0.15, -0.1) is 0 Å². The van der Waals surface area contributed by atoms with Gasteiger partial charge in [0, 0.05) is 49.6 Å². The van der Waals surface area contributed by atoms with Gasteiger partial charge >= 0.3 is 5.69 Å². The molecule has 0 unspecified atom stereocenters. The minimum Gasteiger partial charge on any atom is -0.494 e. The maximum atomic E-state index is 13.4. The Morgan fingerprint density at radius 3 is 2.71 bits per heavy atom. The molecule has 238 valence electrons. The molecule has 2 atom stereocenters. The Kier molecular flexibility index (Phi) is 9.82. The summed E-state index contributed by atoms with van der Waals surface area (Å²) in [6, 6.07) is 12.0. The molecule has 0 radical (unpaired) electrons. The zero-order valence-corrected chi connectivity index (χ0v) is 26.1. The number of nitrogens with zero attached hydrogens (tertiary/aromatic N) is 3. The van der Waals surface area contributed by atoms with E-state index in [2.05, 4.69) is 15.3 Å². The van der Waals surface area contributed by atoms with Crippen LogP contribution in [0.15, 0.2) is 47.3 Å². The number of likely N-dealkylation sites (N-methyl/N-ethyl adjacent to an activating group) is 1. The second-order valence-electron chi connectivity index (χ2n) is 11.4. The summed E-state index contributed by atoms with van der Waals surface area (Å²) in [5, 5.41) is 3.03. The number of aromatic amines is 1. The standard InChI is InChI=1S/C33H39N5O7/c1-5-43-25-14-23-15-26(16-25)45-24-8-6-7-22(13-24)19-44-29-11-12-38(17-28(29)36-30(39)18-37(4)32(23)41)31(40)10-9-27-20(2)34-33(42)35-21(27)3/h6-8,13-16,28-29H,5,9-12,17-19H2,1-4H3,(H,36,39)(H,34,35,42)/t28-,29+/m1/s1. The number of hydrogen-bond donors (Lipinski definition) is 2. The van der Waals surface area contributed by atoms with Crippen LogP contribution in [-0.4, -0.2) is 82.9 Å². The molecule has 3 heterocycles. The Morgan fingerprint density at radius 2 is 1.93 bits per heavy atom. The highest BCUT2D eigenvalue weighted by atomic mass is 16.5. The van der Waals surface area contributed by atoms with E-state index < -0.39 is 11.7 Å². The van der Waals surface area contributed by atoms with Crippen molar-refractivity contribution in [2.24, 2.45) is 0 Å². The van der Waals surface area contributed by atoms with E-state index in [1.807, 2.05) is 31.2 Å². The molecule has 3 amide bonds. The first-order valence-electron chi connectivity index (χ1n) is 15.1. The second kappa shape index (κ2) is 13.9. The number of benzene rings is 2. The highest BCUT2D eigenvalue weighted by Gasteiger charge is 2.34. The number of rotatable bonds is 5. The van der Waals surface area contributed by atoms with Gasteiger partial charge < -0.3 is 34.3 Å². The van der Waals surface area contributed by atoms with Gasteiger partial charge in [0.2, 0.25) is 11.8 Å². The smallest absolute Gasteiger partial charge is 0.345 e. The molecule has 0 aliphatic carbocycles. The van der Waals surface area contributed by atoms with Crippen LogP contribution in [0.25, 0.3) is 0 Å². The monoisotopic (exact) mass is 617 g/mol. The molecule has 1 saturated heterocycles. The number of amides is 3. The van der Waals surface area contributed by atoms with Gasteiger partial charge in [0.1, 0.15) is 17.2 Å². The average Bonchev–Trinajstić information content (AvgIpc) is 2.99. The van der Waals surface area contributed by atoms with E-state index >= 15 is 0 Å². The Labute approximate surface area is 261 Å². The summed E-state index contributed by atoms with van der Waals surface area (Å²) in [6.45, 7) is 6.64. The molecule has 2 aliphatic rings. The van der Waals surface area contributed by atoms with Gasteiger partial charge in [0.05, 0.1) is 31.9 Å². The molecular weight excluding hydrogens is 578 g/mol. The van der Waals surface area contributed by atoms with E-state index in [9.17, 15) is 19.2 Å². The van der Waals surface area contributed by atoms with Crippen molar-refractivity contribution in [1.29, 1.82) is 0 Å². The van der Waals surface area contributed by atoms with Gasteiger partial charge in [-0.2, -0.15) is 4.98 Å². The number of likely N-dealkylation sites (tertiary alicyclic amines) is 1. The van der Waals surface area contributed by atoms with Crippen molar-refractivity contribution in [3.63, 3.8) is 0 Å². The fraction of sp³-hybridized carbons (Fsp3) is 0.424. The summed E-state index contributed by atoms with van der Waals surface area (Å²) in [5.74, 6) is 0.697. The number of ether oxygens (including phenoxy) is 3. The van der Waals surface area contributed by atoms with Gasteiger partial charge in [-0.05, 0) is 69.0 Å². The van der Waals surface area contributed by atoms with E-state index in [1.165, 1.54) is 4.90 Å². The molecular formula is C33H39N5O7. The lowest BCUT2D eigenvalue weighted by Gasteiger charge is -2.39. The van der Waals surface area contributed by atoms with E-state index in [1.54, 1.807) is 44.0 Å². The van der Waals surface area contributed by atoms with Gasteiger partial charge in [0.25, 0.3) is 5.91 Å². The number of carbonyl (C=O) groups excluding carboxylic acids is 3. The minimum atomic E-state index is -0.489. The number of carbonyl (C=O) groups is 3. The van der Waals surface area contributed by atoms with Crippen LogP contribution in [0.5, 0.6) is 17.2 Å². The maximum absolute atomic E-state index is 13.4. The SMILES string of the molecule is CCOc1cc2cc(c1)C(=O)N(C)CC(=O)N[C@@H]1CN(C(=O)CCc3c(C)nc(=O)[nH]c3C)CC[C@@H]1OCc1cccc(c1)O2. The topological polar surface area (TPSA) is 143 Å². The van der Waals surface area contributed by atoms with E-state index in [0.29, 0.717) is 60.2 Å². The van der Waals surface area contributed by atoms with Crippen molar-refractivity contribution in [2.45, 2.75) is 58.8 Å². The quantitative estimate of drug-likeness (QED) is 0.445. The van der Waals surface area contributed by atoms with Gasteiger partial charge in [-0.3, -0.25) is 14.4 Å². The molecule has 1 fully saturated rings. The molecule has 45 heavy (non-hydrogen) atoms. The fourth-order valence-corrected chi connectivity index (χ4v) is 5.81. The van der Waals surface area contributed by atoms with Crippen molar-refractivity contribution in [3.05, 3.63) is 81.0 Å². The zero-order chi connectivity index (χ0) is 32.1. The van der Waals surface area contributed by atoms with Crippen LogP contribution in [0.2, 0.25) is 0 Å². The Bertz CT molecular complexity index is 1610. The lowest BCUT2D eigenvalue weighted by atomic mass is 10.00. The summed E-state index contributed by atoms with van der Waals surface area (Å²) < 4.78 is 18.1. The Hall–Kier alpha value is -4.71. The first-order valence-corrected chi connectivity index (χ1v) is 15.1. The number of aromatic nitrogens is 2. The predicted octanol–water partition coefficient (Wildman–Crippen LogP) is 2.90. The summed E-state index contributed by atoms with van der Waals surface area (Å²) in [4.78, 5) is 61.4. The number of piperidine rings is 1. The molecule has 12 nitrogen and oxygen atoms in total. The van der Waals surface area contributed by atoms with Crippen LogP contribution in [0.1, 0.15) is 52.6 Å². The van der Waals surface area contributed by atoms with Gasteiger partial charge in [0.15, 0.2) is 0 Å². The first kappa shape index (κ1) is 31.7. The lowest BCUT2D eigenvalue weighted by molar-refractivity contribution is -0.137. The molecule has 3 aromatic rings. The largest absolute Gasteiger partial charge is 0.494 e. The maximum Gasteiger partial charge on any atom is 0.345 e. The van der Waals surface area contributed by atoms with E-state index in [-0.39, 0.29) is 49.9 Å². The Morgan fingerprint density at radius 1 is 1.11 bits per heavy atom. The number of fused-ring (bicyclic) bond motifs is 5. The van der Waals surface area contributed by atoms with E-state index in [4.69, 9.17) is 14.2 Å². The predicted molar refractivity (Wildman–Crippen MR) is 165 cm³/mol. The van der Waals surface area contributed by atoms with Gasteiger partial charge in [-0.1, -0.05) is 12.1 Å². The molecule has 0 spiro atoms. The summed E-state index contributed by atoms with van der Waals surface area (Å²) in [6.07, 6.45) is 0.829. The summed E-state index contributed by atoms with van der Waals surface area (Å²) in [5.41, 5.74) is 2.94. The third-order valence-corrected chi connectivity index (χ3v) is 8.05. The third-order valence-electron chi connectivity index (χ3n) is 8.05. The zero-order valence-electron chi connectivity index (χ0n) is 26.1. The van der Waals surface area contributed by atoms with Crippen molar-refractivity contribution < 1.29 is 28.6 Å². The van der Waals surface area contributed by atoms with Crippen molar-refractivity contribution >= 4 is 17.7 Å². The number of hydrogen-bond acceptors (Lipinski definition) is 8. The number of nitrogens with one attached hydrogen (secondary N) is 2. The van der Waals surface area contributed by atoms with Crippen LogP contribution < -0.4 is 20.5 Å². The normalized spacial score (nSPS) is 18.9. The van der Waals surface area contributed by atoms with Crippen LogP contribution in [0.4, 0.5) is 0 Å². The molecule has 5 rings (SSSR count). The molecule has 4 bridgehead atoms. The molecule has 12 heteroatoms. The first-order chi connectivity index (χ1) is 21.6. The van der Waals surface area contributed by atoms with Crippen LogP contribution in [-0.2, 0) is 27.4 Å². The molecule has 2 N–H and O–H groups in total. The molecule has 0 saturated carbocycles. The third kappa shape index (κ3) is 7.88. The molecule has 2 aromatic carbocycles. The molecule has 1 aromatic heterocycles. The fourth-order valence-electron chi connectivity index (χ4n) is 5.81. The summed E-state index contributed by atoms with van der Waals surface area (Å²) >= 11 is 0. The van der Waals surface area contributed by atoms with E-state index in [0.717, 1.165) is 11.1 Å². The number of aryl methyl sites for hydroxylation is 2. The second-order valence-corrected chi connectivity index (χ2v) is 11.4. The molecule has 2 aliphatic heterocycles.